The molecule has 1 saturated heterocycles. The maximum absolute atomic E-state index is 12.4. The highest BCUT2D eigenvalue weighted by Gasteiger charge is 2.36. The van der Waals surface area contributed by atoms with Crippen LogP contribution in [-0.2, 0) is 20.7 Å². The van der Waals surface area contributed by atoms with E-state index in [0.717, 1.165) is 5.56 Å². The van der Waals surface area contributed by atoms with Gasteiger partial charge in [0.25, 0.3) is 5.91 Å². The summed E-state index contributed by atoms with van der Waals surface area (Å²) in [6, 6.07) is 5.23. The summed E-state index contributed by atoms with van der Waals surface area (Å²) in [5.74, 6) is -0.618. The van der Waals surface area contributed by atoms with Gasteiger partial charge in [-0.15, -0.1) is 0 Å². The molecule has 1 amide bonds. The molecule has 1 fully saturated rings. The van der Waals surface area contributed by atoms with E-state index in [1.807, 2.05) is 0 Å². The van der Waals surface area contributed by atoms with Crippen molar-refractivity contribution in [2.75, 3.05) is 19.7 Å². The molecule has 2 heterocycles. The fourth-order valence-electron chi connectivity index (χ4n) is 2.56. The van der Waals surface area contributed by atoms with Crippen LogP contribution in [0.2, 0.25) is 5.02 Å². The molecule has 1 aromatic carbocycles. The molecule has 0 aliphatic carbocycles. The zero-order chi connectivity index (χ0) is 15.0. The molecule has 0 spiro atoms. The number of carbonyl (C=O) groups excluding carboxylic acids is 1. The number of benzene rings is 1. The molecule has 0 saturated carbocycles. The molecular weight excluding hydrogens is 298 g/mol. The van der Waals surface area contributed by atoms with Crippen LogP contribution in [0.25, 0.3) is 0 Å². The first-order valence-corrected chi connectivity index (χ1v) is 7.00. The van der Waals surface area contributed by atoms with Gasteiger partial charge in [0.15, 0.2) is 12.2 Å². The topological polar surface area (TPSA) is 76.1 Å². The van der Waals surface area contributed by atoms with Gasteiger partial charge in [-0.25, -0.2) is 4.79 Å². The molecule has 0 radical (unpaired) electrons. The highest BCUT2D eigenvalue weighted by molar-refractivity contribution is 6.30. The Morgan fingerprint density at radius 3 is 2.90 bits per heavy atom. The van der Waals surface area contributed by atoms with Gasteiger partial charge in [-0.2, -0.15) is 0 Å². The number of amides is 1. The van der Waals surface area contributed by atoms with E-state index in [1.165, 1.54) is 4.90 Å². The lowest BCUT2D eigenvalue weighted by molar-refractivity contribution is -0.161. The number of aliphatic carboxylic acids is 1. The average molecular weight is 312 g/mol. The van der Waals surface area contributed by atoms with Crippen molar-refractivity contribution in [3.63, 3.8) is 0 Å². The molecule has 0 aromatic heterocycles. The van der Waals surface area contributed by atoms with Crippen LogP contribution in [0.3, 0.4) is 0 Å². The van der Waals surface area contributed by atoms with Crippen LogP contribution in [0.1, 0.15) is 5.56 Å². The molecule has 2 atom stereocenters. The number of morpholine rings is 1. The van der Waals surface area contributed by atoms with Gasteiger partial charge in [-0.1, -0.05) is 11.6 Å². The number of hydrogen-bond acceptors (Lipinski definition) is 4. The molecule has 3 rings (SSSR count). The Balaban J connectivity index is 1.68. The van der Waals surface area contributed by atoms with Crippen molar-refractivity contribution >= 4 is 23.5 Å². The smallest absolute Gasteiger partial charge is 0.334 e. The van der Waals surface area contributed by atoms with Gasteiger partial charge in [0.2, 0.25) is 0 Å². The minimum Gasteiger partial charge on any atom is -0.480 e. The summed E-state index contributed by atoms with van der Waals surface area (Å²) in [5, 5.41) is 9.57. The minimum atomic E-state index is -1.06. The van der Waals surface area contributed by atoms with Crippen molar-refractivity contribution in [1.29, 1.82) is 0 Å². The Morgan fingerprint density at radius 2 is 2.14 bits per heavy atom. The quantitative estimate of drug-likeness (QED) is 0.880. The van der Waals surface area contributed by atoms with E-state index < -0.39 is 18.2 Å². The fourth-order valence-corrected chi connectivity index (χ4v) is 2.75. The molecule has 0 bridgehead atoms. The van der Waals surface area contributed by atoms with Crippen LogP contribution in [0, 0.1) is 0 Å². The number of nitrogens with zero attached hydrogens (tertiary/aromatic N) is 1. The van der Waals surface area contributed by atoms with E-state index in [9.17, 15) is 9.59 Å². The summed E-state index contributed by atoms with van der Waals surface area (Å²) in [6.45, 7) is 0.638. The molecule has 0 unspecified atom stereocenters. The van der Waals surface area contributed by atoms with E-state index >= 15 is 0 Å². The van der Waals surface area contributed by atoms with Crippen molar-refractivity contribution in [2.24, 2.45) is 0 Å². The van der Waals surface area contributed by atoms with Gasteiger partial charge in [0.05, 0.1) is 13.2 Å². The molecule has 112 valence electrons. The van der Waals surface area contributed by atoms with E-state index in [-0.39, 0.29) is 19.1 Å². The maximum atomic E-state index is 12.4. The normalized spacial score (nSPS) is 24.3. The number of ether oxygens (including phenoxy) is 2. The van der Waals surface area contributed by atoms with Crippen LogP contribution in [0.5, 0.6) is 5.75 Å². The maximum Gasteiger partial charge on any atom is 0.334 e. The second-order valence-electron chi connectivity index (χ2n) is 5.04. The zero-order valence-electron chi connectivity index (χ0n) is 11.1. The number of fused-ring (bicyclic) bond motifs is 1. The number of hydrogen-bond donors (Lipinski definition) is 1. The van der Waals surface area contributed by atoms with E-state index in [0.29, 0.717) is 23.7 Å². The Kier molecular flexibility index (Phi) is 3.73. The van der Waals surface area contributed by atoms with Crippen molar-refractivity contribution in [2.45, 2.75) is 18.6 Å². The van der Waals surface area contributed by atoms with Gasteiger partial charge in [0.1, 0.15) is 5.75 Å². The Bertz CT molecular complexity index is 591. The predicted molar refractivity (Wildman–Crippen MR) is 73.5 cm³/mol. The lowest BCUT2D eigenvalue weighted by Gasteiger charge is -2.32. The molecule has 21 heavy (non-hydrogen) atoms. The third-order valence-corrected chi connectivity index (χ3v) is 3.86. The molecule has 2 aliphatic rings. The SMILES string of the molecule is O=C(O)[C@H]1CN(C(=O)[C@@H]2Cc3cc(Cl)ccc3O2)CCO1. The van der Waals surface area contributed by atoms with Crippen LogP contribution >= 0.6 is 11.6 Å². The van der Waals surface area contributed by atoms with E-state index in [1.54, 1.807) is 18.2 Å². The lowest BCUT2D eigenvalue weighted by Crippen LogP contribution is -2.52. The monoisotopic (exact) mass is 311 g/mol. The Hall–Kier alpha value is -1.79. The fraction of sp³-hybridized carbons (Fsp3) is 0.429. The third kappa shape index (κ3) is 2.82. The number of rotatable bonds is 2. The van der Waals surface area contributed by atoms with Crippen molar-refractivity contribution in [1.82, 2.24) is 4.90 Å². The van der Waals surface area contributed by atoms with Gasteiger partial charge in [-0.05, 0) is 23.8 Å². The molecule has 1 aromatic rings. The minimum absolute atomic E-state index is 0.0468. The van der Waals surface area contributed by atoms with Gasteiger partial charge < -0.3 is 19.5 Å². The summed E-state index contributed by atoms with van der Waals surface area (Å²) < 4.78 is 10.7. The summed E-state index contributed by atoms with van der Waals surface area (Å²) in [7, 11) is 0. The van der Waals surface area contributed by atoms with Gasteiger partial charge in [-0.3, -0.25) is 4.79 Å². The molecule has 6 nitrogen and oxygen atoms in total. The van der Waals surface area contributed by atoms with Gasteiger partial charge in [0, 0.05) is 18.0 Å². The van der Waals surface area contributed by atoms with E-state index in [2.05, 4.69) is 0 Å². The largest absolute Gasteiger partial charge is 0.480 e. The molecule has 2 aliphatic heterocycles. The van der Waals surface area contributed by atoms with E-state index in [4.69, 9.17) is 26.2 Å². The molecule has 7 heteroatoms. The first kappa shape index (κ1) is 14.2. The van der Waals surface area contributed by atoms with Crippen LogP contribution < -0.4 is 4.74 Å². The van der Waals surface area contributed by atoms with Crippen molar-refractivity contribution in [3.05, 3.63) is 28.8 Å². The number of halogens is 1. The number of carboxylic acids is 1. The summed E-state index contributed by atoms with van der Waals surface area (Å²) in [4.78, 5) is 24.9. The number of carboxylic acid groups (broad SMARTS) is 1. The summed E-state index contributed by atoms with van der Waals surface area (Å²) in [5.41, 5.74) is 0.892. The highest BCUT2D eigenvalue weighted by Crippen LogP contribution is 2.31. The van der Waals surface area contributed by atoms with Crippen LogP contribution in [0.4, 0.5) is 0 Å². The lowest BCUT2D eigenvalue weighted by atomic mass is 10.1. The molecular formula is C14H14ClNO5. The third-order valence-electron chi connectivity index (χ3n) is 3.63. The first-order valence-electron chi connectivity index (χ1n) is 6.63. The zero-order valence-corrected chi connectivity index (χ0v) is 11.9. The summed E-state index contributed by atoms with van der Waals surface area (Å²) in [6.07, 6.45) is -1.14. The highest BCUT2D eigenvalue weighted by atomic mass is 35.5. The van der Waals surface area contributed by atoms with Crippen LogP contribution in [0.15, 0.2) is 18.2 Å². The second kappa shape index (κ2) is 5.54. The standard InChI is InChI=1S/C14H14ClNO5/c15-9-1-2-10-8(5-9)6-11(21-10)13(17)16-3-4-20-12(7-16)14(18)19/h1-2,5,11-12H,3-4,6-7H2,(H,18,19)/t11-,12+/m0/s1. The predicted octanol–water partition coefficient (Wildman–Crippen LogP) is 0.955. The average Bonchev–Trinajstić information content (AvgIpc) is 2.89. The Morgan fingerprint density at radius 1 is 1.33 bits per heavy atom. The first-order chi connectivity index (χ1) is 10.0. The second-order valence-corrected chi connectivity index (χ2v) is 5.48. The Labute approximate surface area is 126 Å². The number of carbonyl (C=O) groups is 2. The van der Waals surface area contributed by atoms with Crippen LogP contribution in [-0.4, -0.2) is 53.8 Å². The summed E-state index contributed by atoms with van der Waals surface area (Å²) >= 11 is 5.92. The van der Waals surface area contributed by atoms with Gasteiger partial charge >= 0.3 is 5.97 Å². The molecule has 1 N–H and O–H groups in total. The van der Waals surface area contributed by atoms with Crippen molar-refractivity contribution in [3.8, 4) is 5.75 Å². The van der Waals surface area contributed by atoms with Crippen molar-refractivity contribution < 1.29 is 24.2 Å².